The van der Waals surface area contributed by atoms with Crippen LogP contribution in [0.5, 0.6) is 0 Å². The van der Waals surface area contributed by atoms with Crippen molar-refractivity contribution < 1.29 is 27.6 Å². The predicted molar refractivity (Wildman–Crippen MR) is 89.3 cm³/mol. The van der Waals surface area contributed by atoms with Crippen LogP contribution < -0.4 is 0 Å². The van der Waals surface area contributed by atoms with E-state index in [9.17, 15) is 18.0 Å². The van der Waals surface area contributed by atoms with Crippen molar-refractivity contribution >= 4 is 57.7 Å². The van der Waals surface area contributed by atoms with Crippen LogP contribution in [-0.4, -0.2) is 104 Å². The van der Waals surface area contributed by atoms with E-state index in [1.165, 1.54) is 0 Å². The Kier molecular flexibility index (Phi) is 14.5. The predicted octanol–water partition coefficient (Wildman–Crippen LogP) is -0.647. The first-order valence-electron chi connectivity index (χ1n) is 6.93. The molecule has 0 aromatic heterocycles. The van der Waals surface area contributed by atoms with Crippen molar-refractivity contribution in [2.24, 2.45) is 9.98 Å². The molecule has 1 aliphatic heterocycles. The summed E-state index contributed by atoms with van der Waals surface area (Å²) in [5.74, 6) is -1.79. The van der Waals surface area contributed by atoms with Crippen LogP contribution in [-0.2, 0) is 24.2 Å². The molecule has 24 heavy (non-hydrogen) atoms. The summed E-state index contributed by atoms with van der Waals surface area (Å²) in [6.45, 7) is 4.67. The maximum atomic E-state index is 10.7. The molecular formula is C12H23N4NaO6S. The Balaban J connectivity index is 0. The molecule has 1 heterocycles. The number of imide groups is 1. The van der Waals surface area contributed by atoms with Gasteiger partial charge in [-0.05, 0) is 34.0 Å². The van der Waals surface area contributed by atoms with Gasteiger partial charge in [0.15, 0.2) is 0 Å². The van der Waals surface area contributed by atoms with Crippen LogP contribution >= 0.6 is 0 Å². The van der Waals surface area contributed by atoms with Gasteiger partial charge in [-0.3, -0.25) is 9.59 Å². The number of rotatable bonds is 7. The third-order valence-corrected chi connectivity index (χ3v) is 3.54. The van der Waals surface area contributed by atoms with Gasteiger partial charge in [-0.2, -0.15) is 8.42 Å². The molecule has 12 heteroatoms. The van der Waals surface area contributed by atoms with E-state index < -0.39 is 22.1 Å². The van der Waals surface area contributed by atoms with Crippen LogP contribution in [0, 0.1) is 0 Å². The molecular weight excluding hydrogens is 351 g/mol. The number of nitrogens with zero attached hydrogens (tertiary/aromatic N) is 4. The van der Waals surface area contributed by atoms with Crippen LogP contribution in [0.4, 0.5) is 0 Å². The van der Waals surface area contributed by atoms with E-state index in [0.29, 0.717) is 0 Å². The fourth-order valence-electron chi connectivity index (χ4n) is 1.48. The van der Waals surface area contributed by atoms with Crippen LogP contribution in [0.2, 0.25) is 0 Å². The fraction of sp³-hybridized carbons (Fsp3) is 0.750. The summed E-state index contributed by atoms with van der Waals surface area (Å²) in [6, 6.07) is 2.64. The average molecular weight is 374 g/mol. The van der Waals surface area contributed by atoms with Crippen molar-refractivity contribution in [3.63, 3.8) is 0 Å². The Morgan fingerprint density at radius 3 is 2.21 bits per heavy atom. The van der Waals surface area contributed by atoms with E-state index >= 15 is 0 Å². The normalized spacial score (nSPS) is 13.8. The molecule has 10 nitrogen and oxygen atoms in total. The number of hydrogen-bond donors (Lipinski definition) is 1. The first kappa shape index (κ1) is 25.6. The summed E-state index contributed by atoms with van der Waals surface area (Å²) in [5.41, 5.74) is 0. The van der Waals surface area contributed by atoms with E-state index in [1.807, 2.05) is 6.92 Å². The van der Waals surface area contributed by atoms with Crippen LogP contribution in [0.15, 0.2) is 9.98 Å². The van der Waals surface area contributed by atoms with E-state index in [-0.39, 0.29) is 46.7 Å². The molecule has 0 unspecified atom stereocenters. The molecule has 134 valence electrons. The second kappa shape index (κ2) is 13.6. The Hall–Kier alpha value is -0.650. The Morgan fingerprint density at radius 2 is 1.79 bits per heavy atom. The van der Waals surface area contributed by atoms with Gasteiger partial charge in [0, 0.05) is 19.4 Å². The zero-order valence-electron chi connectivity index (χ0n) is 13.4. The van der Waals surface area contributed by atoms with Crippen molar-refractivity contribution in [3.05, 3.63) is 0 Å². The molecule has 1 rings (SSSR count). The van der Waals surface area contributed by atoms with Gasteiger partial charge in [0.2, 0.25) is 11.8 Å². The molecule has 0 aliphatic carbocycles. The number of aliphatic imine (C=N–C) groups is 2. The molecule has 0 radical (unpaired) electrons. The van der Waals surface area contributed by atoms with Crippen molar-refractivity contribution in [2.45, 2.75) is 26.2 Å². The van der Waals surface area contributed by atoms with Gasteiger partial charge >= 0.3 is 39.9 Å². The maximum absolute atomic E-state index is 10.7. The molecule has 0 atom stereocenters. The standard InChI is InChI=1S/C8H17N3.C4H5NO6S.Na.H/c1-4-9-8-10-6-5-7-11(2)3;6-3-1-2-4(7)5(3)12(9,10)11-8;;/h4-7H2,1-3H3;8H,1-2H2;;. The Bertz CT molecular complexity index is 544. The number of hydrogen-bond acceptors (Lipinski definition) is 9. The van der Waals surface area contributed by atoms with Gasteiger partial charge in [0.1, 0.15) is 0 Å². The van der Waals surface area contributed by atoms with Gasteiger partial charge in [0.05, 0.1) is 12.6 Å². The summed E-state index contributed by atoms with van der Waals surface area (Å²) in [5, 5.41) is 7.86. The molecule has 0 saturated carbocycles. The molecule has 0 aromatic rings. The topological polar surface area (TPSA) is 129 Å². The second-order valence-electron chi connectivity index (χ2n) is 4.70. The first-order valence-corrected chi connectivity index (χ1v) is 8.29. The SMILES string of the molecule is CCN=C=NCCCN(C)C.O=C1CCC(=O)N1S(=O)(=O)OO.[NaH]. The molecule has 1 aliphatic rings. The summed E-state index contributed by atoms with van der Waals surface area (Å²) in [6.07, 6.45) is 0.724. The zero-order chi connectivity index (χ0) is 17.9. The van der Waals surface area contributed by atoms with Crippen molar-refractivity contribution in [1.29, 1.82) is 0 Å². The summed E-state index contributed by atoms with van der Waals surface area (Å²) >= 11 is 0. The summed E-state index contributed by atoms with van der Waals surface area (Å²) < 4.78 is 24.2. The van der Waals surface area contributed by atoms with Crippen molar-refractivity contribution in [2.75, 3.05) is 33.7 Å². The molecule has 1 saturated heterocycles. The molecule has 0 spiro atoms. The van der Waals surface area contributed by atoms with Gasteiger partial charge in [-0.1, -0.05) is 4.33 Å². The third-order valence-electron chi connectivity index (χ3n) is 2.50. The quantitative estimate of drug-likeness (QED) is 0.157. The molecule has 0 bridgehead atoms. The van der Waals surface area contributed by atoms with Crippen molar-refractivity contribution in [3.8, 4) is 0 Å². The molecule has 1 N–H and O–H groups in total. The zero-order valence-corrected chi connectivity index (χ0v) is 14.2. The van der Waals surface area contributed by atoms with Gasteiger partial charge < -0.3 is 4.90 Å². The van der Waals surface area contributed by atoms with E-state index in [2.05, 4.69) is 39.3 Å². The van der Waals surface area contributed by atoms with E-state index in [4.69, 9.17) is 5.26 Å². The number of carbonyl (C=O) groups is 2. The van der Waals surface area contributed by atoms with Crippen LogP contribution in [0.25, 0.3) is 0 Å². The second-order valence-corrected chi connectivity index (χ2v) is 6.07. The summed E-state index contributed by atoms with van der Waals surface area (Å²) in [4.78, 5) is 31.4. The number of amides is 2. The van der Waals surface area contributed by atoms with E-state index in [0.717, 1.165) is 26.1 Å². The van der Waals surface area contributed by atoms with Crippen LogP contribution in [0.3, 0.4) is 0 Å². The molecule has 2 amide bonds. The Morgan fingerprint density at radius 1 is 1.25 bits per heavy atom. The summed E-state index contributed by atoms with van der Waals surface area (Å²) in [7, 11) is -0.488. The monoisotopic (exact) mass is 374 g/mol. The average Bonchev–Trinajstić information content (AvgIpc) is 2.83. The first-order chi connectivity index (χ1) is 10.8. The minimum absolute atomic E-state index is 0. The molecule has 1 fully saturated rings. The van der Waals surface area contributed by atoms with Crippen molar-refractivity contribution in [1.82, 2.24) is 9.21 Å². The van der Waals surface area contributed by atoms with Gasteiger partial charge in [-0.25, -0.2) is 15.2 Å². The molecule has 0 aromatic carbocycles. The van der Waals surface area contributed by atoms with Crippen LogP contribution in [0.1, 0.15) is 26.2 Å². The number of carbonyl (C=O) groups excluding carboxylic acids is 2. The minimum atomic E-state index is -4.61. The third kappa shape index (κ3) is 10.3. The van der Waals surface area contributed by atoms with E-state index in [1.54, 1.807) is 0 Å². The van der Waals surface area contributed by atoms with Gasteiger partial charge in [0.25, 0.3) is 0 Å². The fourth-order valence-corrected chi connectivity index (χ4v) is 2.22. The van der Waals surface area contributed by atoms with Gasteiger partial charge in [-0.15, -0.1) is 4.31 Å². The Labute approximate surface area is 164 Å².